The molecule has 14 nitrogen and oxygen atoms in total. The third-order valence-electron chi connectivity index (χ3n) is 8.23. The van der Waals surface area contributed by atoms with Gasteiger partial charge in [0.15, 0.2) is 5.65 Å². The second kappa shape index (κ2) is 17.3. The minimum atomic E-state index is -3.99. The number of carbonyl (C=O) groups is 2. The molecule has 2 saturated carbocycles. The van der Waals surface area contributed by atoms with Crippen LogP contribution in [-0.4, -0.2) is 65.1 Å². The number of fused-ring (bicyclic) bond motifs is 1. The predicted molar refractivity (Wildman–Crippen MR) is 173 cm³/mol. The van der Waals surface area contributed by atoms with E-state index in [9.17, 15) is 14.2 Å². The summed E-state index contributed by atoms with van der Waals surface area (Å²) in [5.74, 6) is -0.339. The number of anilines is 1. The predicted octanol–water partition coefficient (Wildman–Crippen LogP) is 5.93. The van der Waals surface area contributed by atoms with Gasteiger partial charge in [-0.15, -0.1) is 0 Å². The molecule has 2 aliphatic carbocycles. The highest BCUT2D eigenvalue weighted by molar-refractivity contribution is 7.99. The summed E-state index contributed by atoms with van der Waals surface area (Å²) < 4.78 is 47.7. The number of carbonyl (C=O) groups excluding carboxylic acids is 2. The normalized spacial score (nSPS) is 16.3. The van der Waals surface area contributed by atoms with Gasteiger partial charge in [-0.25, -0.2) is 9.97 Å². The lowest BCUT2D eigenvalue weighted by atomic mass is 9.89. The van der Waals surface area contributed by atoms with Crippen LogP contribution in [0.1, 0.15) is 64.2 Å². The molecule has 0 amide bonds. The molecule has 0 unspecified atom stereocenters. The molecule has 3 aromatic rings. The SMILES string of the molecule is COc1ccc(Sc2nc(N)nc3c2ncn3CCOCP(=O)(OCOC(=O)C2CCCCC2)OCOC(=O)C2CCCCC2)cc1. The number of hydrogen-bond donors (Lipinski definition) is 1. The molecule has 2 aliphatic rings. The molecular formula is C31H42N5O9PS. The summed E-state index contributed by atoms with van der Waals surface area (Å²) in [5, 5.41) is 0.592. The molecule has 0 radical (unpaired) electrons. The summed E-state index contributed by atoms with van der Waals surface area (Å²) in [7, 11) is -2.38. The maximum Gasteiger partial charge on any atom is 0.361 e. The lowest BCUT2D eigenvalue weighted by molar-refractivity contribution is -0.158. The molecule has 256 valence electrons. The Balaban J connectivity index is 1.16. The van der Waals surface area contributed by atoms with Crippen molar-refractivity contribution in [1.29, 1.82) is 0 Å². The van der Waals surface area contributed by atoms with E-state index >= 15 is 0 Å². The van der Waals surface area contributed by atoms with E-state index in [2.05, 4.69) is 15.0 Å². The molecule has 2 N–H and O–H groups in total. The summed E-state index contributed by atoms with van der Waals surface area (Å²) >= 11 is 1.40. The topological polar surface area (TPSA) is 176 Å². The second-order valence-electron chi connectivity index (χ2n) is 11.5. The fourth-order valence-electron chi connectivity index (χ4n) is 5.62. The summed E-state index contributed by atoms with van der Waals surface area (Å²) in [6.45, 7) is -0.767. The number of nitrogens with two attached hydrogens (primary N) is 1. The number of aromatic nitrogens is 4. The maximum atomic E-state index is 13.6. The van der Waals surface area contributed by atoms with Crippen molar-refractivity contribution in [1.82, 2.24) is 19.5 Å². The fraction of sp³-hybridized carbons (Fsp3) is 0.581. The first-order chi connectivity index (χ1) is 22.8. The van der Waals surface area contributed by atoms with E-state index in [-0.39, 0.29) is 30.9 Å². The zero-order chi connectivity index (χ0) is 33.1. The maximum absolute atomic E-state index is 13.6. The van der Waals surface area contributed by atoms with Crippen LogP contribution in [0.3, 0.4) is 0 Å². The fourth-order valence-corrected chi connectivity index (χ4v) is 7.50. The van der Waals surface area contributed by atoms with Crippen LogP contribution >= 0.6 is 19.4 Å². The monoisotopic (exact) mass is 691 g/mol. The molecule has 2 heterocycles. The zero-order valence-corrected chi connectivity index (χ0v) is 28.3. The number of benzene rings is 1. The highest BCUT2D eigenvalue weighted by Crippen LogP contribution is 2.48. The van der Waals surface area contributed by atoms with E-state index in [1.807, 2.05) is 24.3 Å². The van der Waals surface area contributed by atoms with Crippen molar-refractivity contribution in [2.45, 2.75) is 80.7 Å². The van der Waals surface area contributed by atoms with E-state index in [0.717, 1.165) is 74.9 Å². The molecule has 47 heavy (non-hydrogen) atoms. The Morgan fingerprint density at radius 3 is 2.09 bits per heavy atom. The number of methoxy groups -OCH3 is 1. The van der Waals surface area contributed by atoms with Crippen LogP contribution in [0, 0.1) is 11.8 Å². The summed E-state index contributed by atoms with van der Waals surface area (Å²) in [6, 6.07) is 7.53. The van der Waals surface area contributed by atoms with Crippen LogP contribution in [0.5, 0.6) is 5.75 Å². The molecule has 2 aromatic heterocycles. The van der Waals surface area contributed by atoms with Gasteiger partial charge in [0.05, 0.1) is 31.9 Å². The van der Waals surface area contributed by atoms with E-state index in [4.69, 9.17) is 33.7 Å². The Morgan fingerprint density at radius 1 is 0.915 bits per heavy atom. The van der Waals surface area contributed by atoms with Gasteiger partial charge >= 0.3 is 19.5 Å². The number of rotatable bonds is 16. The van der Waals surface area contributed by atoms with Gasteiger partial charge in [-0.05, 0) is 49.9 Å². The molecule has 0 atom stereocenters. The average Bonchev–Trinajstić information content (AvgIpc) is 3.50. The van der Waals surface area contributed by atoms with Gasteiger partial charge in [0.25, 0.3) is 0 Å². The lowest BCUT2D eigenvalue weighted by Gasteiger charge is -2.22. The van der Waals surface area contributed by atoms with Gasteiger partial charge in [-0.2, -0.15) is 4.98 Å². The highest BCUT2D eigenvalue weighted by atomic mass is 32.2. The molecule has 0 bridgehead atoms. The van der Waals surface area contributed by atoms with Gasteiger partial charge in [0, 0.05) is 11.4 Å². The van der Waals surface area contributed by atoms with Crippen LogP contribution in [0.2, 0.25) is 0 Å². The Kier molecular flexibility index (Phi) is 12.9. The largest absolute Gasteiger partial charge is 0.497 e. The number of ether oxygens (including phenoxy) is 4. The summed E-state index contributed by atoms with van der Waals surface area (Å²) in [5.41, 5.74) is 7.10. The van der Waals surface area contributed by atoms with Crippen molar-refractivity contribution in [2.24, 2.45) is 11.8 Å². The number of esters is 2. The van der Waals surface area contributed by atoms with Crippen molar-refractivity contribution >= 4 is 48.4 Å². The van der Waals surface area contributed by atoms with Crippen molar-refractivity contribution in [3.8, 4) is 5.75 Å². The lowest BCUT2D eigenvalue weighted by Crippen LogP contribution is -2.22. The third kappa shape index (κ3) is 10.1. The van der Waals surface area contributed by atoms with Crippen LogP contribution in [0.15, 0.2) is 40.5 Å². The molecule has 0 aliphatic heterocycles. The van der Waals surface area contributed by atoms with Crippen molar-refractivity contribution < 1.29 is 42.1 Å². The molecular weight excluding hydrogens is 649 g/mol. The number of nitrogens with zero attached hydrogens (tertiary/aromatic N) is 4. The average molecular weight is 692 g/mol. The Bertz CT molecular complexity index is 1490. The minimum Gasteiger partial charge on any atom is -0.497 e. The molecule has 16 heteroatoms. The van der Waals surface area contributed by atoms with Gasteiger partial charge in [-0.1, -0.05) is 50.3 Å². The van der Waals surface area contributed by atoms with E-state index in [1.54, 1.807) is 18.0 Å². The van der Waals surface area contributed by atoms with Crippen molar-refractivity contribution in [2.75, 3.05) is 39.4 Å². The van der Waals surface area contributed by atoms with E-state index in [1.165, 1.54) is 11.8 Å². The molecule has 2 fully saturated rings. The first kappa shape index (κ1) is 35.1. The second-order valence-corrected chi connectivity index (χ2v) is 14.6. The number of hydrogen-bond acceptors (Lipinski definition) is 14. The summed E-state index contributed by atoms with van der Waals surface area (Å²) in [6.07, 6.45) is 10.2. The molecule has 0 spiro atoms. The van der Waals surface area contributed by atoms with Gasteiger partial charge in [-0.3, -0.25) is 23.2 Å². The Morgan fingerprint density at radius 2 is 1.51 bits per heavy atom. The summed E-state index contributed by atoms with van der Waals surface area (Å²) in [4.78, 5) is 39.1. The van der Waals surface area contributed by atoms with Crippen molar-refractivity contribution in [3.05, 3.63) is 30.6 Å². The van der Waals surface area contributed by atoms with Crippen LogP contribution in [-0.2, 0) is 44.0 Å². The smallest absolute Gasteiger partial charge is 0.361 e. The van der Waals surface area contributed by atoms with Gasteiger partial charge in [0.1, 0.15) is 22.6 Å². The van der Waals surface area contributed by atoms with Crippen molar-refractivity contribution in [3.63, 3.8) is 0 Å². The zero-order valence-electron chi connectivity index (χ0n) is 26.5. The van der Waals surface area contributed by atoms with E-state index < -0.39 is 39.5 Å². The third-order valence-corrected chi connectivity index (χ3v) is 10.7. The van der Waals surface area contributed by atoms with Gasteiger partial charge in [0.2, 0.25) is 19.5 Å². The van der Waals surface area contributed by atoms with Gasteiger partial charge < -0.3 is 29.2 Å². The standard InChI is InChI=1S/C31H42N5O9PS/c1-40-24-12-14-25(15-13-24)47-28-26-27(34-31(32)35-28)36(18-33-26)16-17-41-21-46(39,44-19-42-29(37)22-8-4-2-5-9-22)45-20-43-30(38)23-10-6-3-7-11-23/h12-15,18,22-23H,2-11,16-17,19-21H2,1H3,(H2,32,34,35). The Labute approximate surface area is 277 Å². The Hall–Kier alpha value is -3.23. The van der Waals surface area contributed by atoms with Crippen LogP contribution < -0.4 is 10.5 Å². The van der Waals surface area contributed by atoms with Crippen LogP contribution in [0.25, 0.3) is 11.2 Å². The first-order valence-electron chi connectivity index (χ1n) is 15.9. The minimum absolute atomic E-state index is 0.0801. The molecule has 5 rings (SSSR count). The van der Waals surface area contributed by atoms with E-state index in [0.29, 0.717) is 16.2 Å². The molecule has 0 saturated heterocycles. The number of nitrogen functional groups attached to an aromatic ring is 1. The quantitative estimate of drug-likeness (QED) is 0.0615. The molecule has 1 aromatic carbocycles. The first-order valence-corrected chi connectivity index (χ1v) is 18.5. The highest BCUT2D eigenvalue weighted by Gasteiger charge is 2.30. The number of imidazole rings is 1. The van der Waals surface area contributed by atoms with Crippen LogP contribution in [0.4, 0.5) is 5.95 Å².